The van der Waals surface area contributed by atoms with Crippen LogP contribution in [0.25, 0.3) is 0 Å². The van der Waals surface area contributed by atoms with Crippen molar-refractivity contribution in [2.75, 3.05) is 17.2 Å². The fourth-order valence-corrected chi connectivity index (χ4v) is 2.47. The van der Waals surface area contributed by atoms with E-state index in [9.17, 15) is 15.2 Å². The van der Waals surface area contributed by atoms with Gasteiger partial charge in [-0.15, -0.1) is 0 Å². The Labute approximate surface area is 123 Å². The predicted octanol–water partition coefficient (Wildman–Crippen LogP) is 2.53. The molecular formula is C14H22N4O3. The number of pyridine rings is 1. The minimum atomic E-state index is -0.408. The van der Waals surface area contributed by atoms with Gasteiger partial charge in [-0.05, 0) is 32.1 Å². The number of nitrogens with zero attached hydrogens (tertiary/aromatic N) is 2. The van der Waals surface area contributed by atoms with Gasteiger partial charge >= 0.3 is 0 Å². The molecule has 21 heavy (non-hydrogen) atoms. The highest BCUT2D eigenvalue weighted by Gasteiger charge is 2.20. The third kappa shape index (κ3) is 4.56. The number of aromatic nitrogens is 1. The number of hydrogen-bond acceptors (Lipinski definition) is 6. The zero-order valence-electron chi connectivity index (χ0n) is 12.2. The Morgan fingerprint density at radius 1 is 1.33 bits per heavy atom. The molecule has 0 radical (unpaired) electrons. The minimum Gasteiger partial charge on any atom is -0.393 e. The molecule has 116 valence electrons. The lowest BCUT2D eigenvalue weighted by Crippen LogP contribution is -2.28. The molecule has 0 atom stereocenters. The van der Waals surface area contributed by atoms with Crippen molar-refractivity contribution in [3.63, 3.8) is 0 Å². The van der Waals surface area contributed by atoms with E-state index in [1.54, 1.807) is 0 Å². The quantitative estimate of drug-likeness (QED) is 0.550. The van der Waals surface area contributed by atoms with Gasteiger partial charge in [0.1, 0.15) is 11.6 Å². The average Bonchev–Trinajstić information content (AvgIpc) is 2.47. The Morgan fingerprint density at radius 3 is 2.62 bits per heavy atom. The molecule has 1 aromatic heterocycles. The van der Waals surface area contributed by atoms with Crippen LogP contribution in [0.3, 0.4) is 0 Å². The van der Waals surface area contributed by atoms with E-state index in [4.69, 9.17) is 0 Å². The first-order valence-electron chi connectivity index (χ1n) is 7.43. The first kappa shape index (κ1) is 15.5. The van der Waals surface area contributed by atoms with E-state index in [1.165, 1.54) is 12.1 Å². The summed E-state index contributed by atoms with van der Waals surface area (Å²) in [5.41, 5.74) is 0.0296. The molecule has 0 unspecified atom stereocenters. The fourth-order valence-electron chi connectivity index (χ4n) is 2.47. The average molecular weight is 294 g/mol. The van der Waals surface area contributed by atoms with Crippen molar-refractivity contribution in [3.05, 3.63) is 22.2 Å². The van der Waals surface area contributed by atoms with Gasteiger partial charge in [0.2, 0.25) is 0 Å². The largest absolute Gasteiger partial charge is 0.393 e. The monoisotopic (exact) mass is 294 g/mol. The molecule has 3 N–H and O–H groups in total. The van der Waals surface area contributed by atoms with E-state index < -0.39 is 4.92 Å². The number of aliphatic hydroxyl groups is 1. The van der Waals surface area contributed by atoms with Crippen LogP contribution in [0, 0.1) is 10.1 Å². The van der Waals surface area contributed by atoms with Gasteiger partial charge in [0.25, 0.3) is 5.69 Å². The molecular weight excluding hydrogens is 272 g/mol. The van der Waals surface area contributed by atoms with E-state index in [-0.39, 0.29) is 17.8 Å². The summed E-state index contributed by atoms with van der Waals surface area (Å²) in [5.74, 6) is 1.04. The summed E-state index contributed by atoms with van der Waals surface area (Å²) in [6, 6.07) is 3.12. The number of nitro groups is 1. The Hall–Kier alpha value is -1.89. The maximum atomic E-state index is 11.0. The first-order valence-corrected chi connectivity index (χ1v) is 7.43. The molecule has 7 heteroatoms. The van der Waals surface area contributed by atoms with E-state index in [0.717, 1.165) is 38.6 Å². The van der Waals surface area contributed by atoms with Crippen LogP contribution in [0.2, 0.25) is 0 Å². The highest BCUT2D eigenvalue weighted by molar-refractivity contribution is 5.55. The van der Waals surface area contributed by atoms with Gasteiger partial charge in [0.15, 0.2) is 0 Å². The van der Waals surface area contributed by atoms with Crippen LogP contribution in [0.1, 0.15) is 39.0 Å². The number of anilines is 2. The smallest absolute Gasteiger partial charge is 0.276 e. The Bertz CT molecular complexity index is 487. The van der Waals surface area contributed by atoms with E-state index in [2.05, 4.69) is 15.6 Å². The molecule has 2 rings (SSSR count). The highest BCUT2D eigenvalue weighted by Crippen LogP contribution is 2.25. The second-order valence-electron chi connectivity index (χ2n) is 5.43. The van der Waals surface area contributed by atoms with Crippen LogP contribution < -0.4 is 10.6 Å². The van der Waals surface area contributed by atoms with Crippen LogP contribution in [-0.4, -0.2) is 33.7 Å². The molecule has 0 spiro atoms. The zero-order valence-corrected chi connectivity index (χ0v) is 12.2. The zero-order chi connectivity index (χ0) is 15.2. The normalized spacial score (nSPS) is 21.8. The third-order valence-corrected chi connectivity index (χ3v) is 3.63. The topological polar surface area (TPSA) is 100 Å². The molecule has 1 aliphatic carbocycles. The number of rotatable bonds is 6. The summed E-state index contributed by atoms with van der Waals surface area (Å²) in [7, 11) is 0. The standard InChI is InChI=1S/C14H22N4O3/c1-2-7-15-13-8-11(18(20)21)9-14(17-13)16-10-3-5-12(19)6-4-10/h8-10,12,19H,2-7H2,1H3,(H2,15,16,17). The van der Waals surface area contributed by atoms with E-state index in [0.29, 0.717) is 11.6 Å². The van der Waals surface area contributed by atoms with Crippen molar-refractivity contribution in [2.24, 2.45) is 0 Å². The minimum absolute atomic E-state index is 0.0296. The molecule has 0 aliphatic heterocycles. The third-order valence-electron chi connectivity index (χ3n) is 3.63. The second kappa shape index (κ2) is 7.21. The van der Waals surface area contributed by atoms with Crippen LogP contribution in [0.15, 0.2) is 12.1 Å². The second-order valence-corrected chi connectivity index (χ2v) is 5.43. The van der Waals surface area contributed by atoms with Gasteiger partial charge in [0, 0.05) is 12.6 Å². The van der Waals surface area contributed by atoms with Crippen LogP contribution >= 0.6 is 0 Å². The number of aliphatic hydroxyl groups excluding tert-OH is 1. The Balaban J connectivity index is 2.09. The van der Waals surface area contributed by atoms with Gasteiger partial charge in [-0.3, -0.25) is 10.1 Å². The Kier molecular flexibility index (Phi) is 5.32. The molecule has 7 nitrogen and oxygen atoms in total. The van der Waals surface area contributed by atoms with E-state index in [1.807, 2.05) is 6.92 Å². The van der Waals surface area contributed by atoms with Crippen molar-refractivity contribution in [1.29, 1.82) is 0 Å². The lowest BCUT2D eigenvalue weighted by Gasteiger charge is -2.26. The summed E-state index contributed by atoms with van der Waals surface area (Å²) >= 11 is 0. The van der Waals surface area contributed by atoms with Crippen LogP contribution in [0.4, 0.5) is 17.3 Å². The molecule has 0 bridgehead atoms. The van der Waals surface area contributed by atoms with Crippen molar-refractivity contribution >= 4 is 17.3 Å². The predicted molar refractivity (Wildman–Crippen MR) is 81.6 cm³/mol. The first-order chi connectivity index (χ1) is 10.1. The van der Waals surface area contributed by atoms with Crippen LogP contribution in [0.5, 0.6) is 0 Å². The van der Waals surface area contributed by atoms with Crippen molar-refractivity contribution in [1.82, 2.24) is 4.98 Å². The molecule has 0 saturated heterocycles. The molecule has 0 aromatic carbocycles. The van der Waals surface area contributed by atoms with Crippen molar-refractivity contribution in [3.8, 4) is 0 Å². The summed E-state index contributed by atoms with van der Waals surface area (Å²) in [4.78, 5) is 15.0. The van der Waals surface area contributed by atoms with Crippen molar-refractivity contribution < 1.29 is 10.0 Å². The number of hydrogen-bond donors (Lipinski definition) is 3. The van der Waals surface area contributed by atoms with Crippen LogP contribution in [-0.2, 0) is 0 Å². The molecule has 1 fully saturated rings. The maximum absolute atomic E-state index is 11.0. The summed E-state index contributed by atoms with van der Waals surface area (Å²) in [6.07, 6.45) is 3.92. The van der Waals surface area contributed by atoms with Gasteiger partial charge < -0.3 is 15.7 Å². The number of nitrogens with one attached hydrogen (secondary N) is 2. The summed E-state index contributed by atoms with van der Waals surface area (Å²) in [6.45, 7) is 2.75. The molecule has 1 aromatic rings. The van der Waals surface area contributed by atoms with Crippen molar-refractivity contribution in [2.45, 2.75) is 51.2 Å². The van der Waals surface area contributed by atoms with Gasteiger partial charge in [-0.1, -0.05) is 6.92 Å². The molecule has 1 saturated carbocycles. The summed E-state index contributed by atoms with van der Waals surface area (Å²) < 4.78 is 0. The molecule has 0 amide bonds. The van der Waals surface area contributed by atoms with Gasteiger partial charge in [-0.25, -0.2) is 4.98 Å². The maximum Gasteiger partial charge on any atom is 0.276 e. The SMILES string of the molecule is CCCNc1cc([N+](=O)[O-])cc(NC2CCC(O)CC2)n1. The highest BCUT2D eigenvalue weighted by atomic mass is 16.6. The van der Waals surface area contributed by atoms with E-state index >= 15 is 0 Å². The van der Waals surface area contributed by atoms with Gasteiger partial charge in [-0.2, -0.15) is 0 Å². The summed E-state index contributed by atoms with van der Waals surface area (Å²) in [5, 5.41) is 26.8. The fraction of sp³-hybridized carbons (Fsp3) is 0.643. The molecule has 1 heterocycles. The Morgan fingerprint density at radius 2 is 2.00 bits per heavy atom. The van der Waals surface area contributed by atoms with Gasteiger partial charge in [0.05, 0.1) is 23.2 Å². The lowest BCUT2D eigenvalue weighted by molar-refractivity contribution is -0.384. The molecule has 1 aliphatic rings. The lowest BCUT2D eigenvalue weighted by atomic mass is 9.93.